The van der Waals surface area contributed by atoms with Crippen LogP contribution >= 0.6 is 11.6 Å². The van der Waals surface area contributed by atoms with Crippen molar-refractivity contribution in [3.05, 3.63) is 17.2 Å². The van der Waals surface area contributed by atoms with Gasteiger partial charge in [0.1, 0.15) is 11.5 Å². The van der Waals surface area contributed by atoms with Gasteiger partial charge < -0.3 is 29.3 Å². The molecule has 8 nitrogen and oxygen atoms in total. The highest BCUT2D eigenvalue weighted by molar-refractivity contribution is 6.32. The molecule has 0 saturated carbocycles. The lowest BCUT2D eigenvalue weighted by molar-refractivity contribution is 0.0868. The highest BCUT2D eigenvalue weighted by Gasteiger charge is 2.25. The van der Waals surface area contributed by atoms with Crippen molar-refractivity contribution in [2.24, 2.45) is 0 Å². The van der Waals surface area contributed by atoms with Crippen LogP contribution in [0, 0.1) is 0 Å². The maximum Gasteiger partial charge on any atom is 0.409 e. The fourth-order valence-electron chi connectivity index (χ4n) is 2.46. The molecule has 0 aliphatic carbocycles. The van der Waals surface area contributed by atoms with Gasteiger partial charge in [-0.2, -0.15) is 0 Å². The molecule has 1 aromatic carbocycles. The molecule has 1 aliphatic heterocycles. The molecule has 25 heavy (non-hydrogen) atoms. The minimum Gasteiger partial charge on any atom is -0.495 e. The molecule has 0 aromatic heterocycles. The van der Waals surface area contributed by atoms with E-state index in [-0.39, 0.29) is 12.1 Å². The van der Waals surface area contributed by atoms with Gasteiger partial charge in [0, 0.05) is 32.2 Å². The average molecular weight is 372 g/mol. The van der Waals surface area contributed by atoms with Gasteiger partial charge in [0.15, 0.2) is 0 Å². The Hall–Kier alpha value is -2.35. The predicted octanol–water partition coefficient (Wildman–Crippen LogP) is 2.66. The number of halogens is 1. The van der Waals surface area contributed by atoms with Gasteiger partial charge in [0.05, 0.1) is 31.5 Å². The number of carbonyl (C=O) groups is 2. The zero-order valence-electron chi connectivity index (χ0n) is 14.5. The number of hydrogen-bond donors (Lipinski definition) is 1. The van der Waals surface area contributed by atoms with E-state index in [1.54, 1.807) is 28.9 Å². The molecule has 0 unspecified atom stereocenters. The Morgan fingerprint density at radius 3 is 2.24 bits per heavy atom. The molecule has 1 aliphatic rings. The monoisotopic (exact) mass is 371 g/mol. The first kappa shape index (κ1) is 19.0. The zero-order valence-corrected chi connectivity index (χ0v) is 15.3. The normalized spacial score (nSPS) is 14.1. The van der Waals surface area contributed by atoms with Crippen LogP contribution in [0.3, 0.4) is 0 Å². The molecule has 0 spiro atoms. The van der Waals surface area contributed by atoms with E-state index in [0.717, 1.165) is 0 Å². The first-order valence-corrected chi connectivity index (χ1v) is 8.27. The number of piperazine rings is 1. The minimum absolute atomic E-state index is 0.289. The number of carbonyl (C=O) groups excluding carboxylic acids is 2. The number of benzene rings is 1. The van der Waals surface area contributed by atoms with E-state index in [2.05, 4.69) is 5.32 Å². The highest BCUT2D eigenvalue weighted by Crippen LogP contribution is 2.36. The number of amides is 3. The van der Waals surface area contributed by atoms with Gasteiger partial charge >= 0.3 is 12.1 Å². The topological polar surface area (TPSA) is 80.3 Å². The van der Waals surface area contributed by atoms with Crippen LogP contribution in [0.5, 0.6) is 11.5 Å². The second kappa shape index (κ2) is 8.66. The van der Waals surface area contributed by atoms with Gasteiger partial charge in [-0.25, -0.2) is 9.59 Å². The fourth-order valence-corrected chi connectivity index (χ4v) is 2.70. The number of anilines is 1. The standard InChI is InChI=1S/C16H22ClN3O5/c1-4-25-16(22)20-7-5-19(6-8-20)15(21)18-12-9-11(17)13(23-2)10-14(12)24-3/h9-10H,4-8H2,1-3H3,(H,18,21). The Labute approximate surface area is 151 Å². The number of urea groups is 1. The van der Waals surface area contributed by atoms with Crippen molar-refractivity contribution in [2.45, 2.75) is 6.92 Å². The zero-order chi connectivity index (χ0) is 18.4. The predicted molar refractivity (Wildman–Crippen MR) is 93.7 cm³/mol. The van der Waals surface area contributed by atoms with Gasteiger partial charge in [0.2, 0.25) is 0 Å². The Bertz CT molecular complexity index is 632. The lowest BCUT2D eigenvalue weighted by Crippen LogP contribution is -2.51. The Morgan fingerprint density at radius 1 is 1.08 bits per heavy atom. The van der Waals surface area contributed by atoms with E-state index < -0.39 is 0 Å². The molecule has 0 radical (unpaired) electrons. The average Bonchev–Trinajstić information content (AvgIpc) is 2.62. The van der Waals surface area contributed by atoms with E-state index in [0.29, 0.717) is 55.0 Å². The lowest BCUT2D eigenvalue weighted by Gasteiger charge is -2.34. The van der Waals surface area contributed by atoms with E-state index >= 15 is 0 Å². The molecule has 2 rings (SSSR count). The molecule has 1 aromatic rings. The van der Waals surface area contributed by atoms with Gasteiger partial charge in [-0.1, -0.05) is 11.6 Å². The molecule has 1 N–H and O–H groups in total. The van der Waals surface area contributed by atoms with Crippen LogP contribution in [0.15, 0.2) is 12.1 Å². The molecule has 1 saturated heterocycles. The van der Waals surface area contributed by atoms with Crippen LogP contribution < -0.4 is 14.8 Å². The molecular formula is C16H22ClN3O5. The van der Waals surface area contributed by atoms with E-state index in [9.17, 15) is 9.59 Å². The van der Waals surface area contributed by atoms with Gasteiger partial charge in [-0.15, -0.1) is 0 Å². The van der Waals surface area contributed by atoms with Crippen LogP contribution in [0.2, 0.25) is 5.02 Å². The fraction of sp³-hybridized carbons (Fsp3) is 0.500. The summed E-state index contributed by atoms with van der Waals surface area (Å²) in [5, 5.41) is 3.15. The summed E-state index contributed by atoms with van der Waals surface area (Å²) >= 11 is 6.11. The quantitative estimate of drug-likeness (QED) is 0.880. The minimum atomic E-state index is -0.355. The smallest absolute Gasteiger partial charge is 0.409 e. The second-order valence-corrected chi connectivity index (χ2v) is 5.70. The molecule has 0 bridgehead atoms. The first-order chi connectivity index (χ1) is 12.0. The molecule has 138 valence electrons. The van der Waals surface area contributed by atoms with E-state index in [1.165, 1.54) is 14.2 Å². The third-order valence-electron chi connectivity index (χ3n) is 3.81. The molecule has 1 fully saturated rings. The summed E-state index contributed by atoms with van der Waals surface area (Å²) in [7, 11) is 3.00. The Morgan fingerprint density at radius 2 is 1.68 bits per heavy atom. The van der Waals surface area contributed by atoms with Crippen molar-refractivity contribution in [3.63, 3.8) is 0 Å². The Balaban J connectivity index is 1.99. The maximum atomic E-state index is 12.5. The van der Waals surface area contributed by atoms with Gasteiger partial charge in [0.25, 0.3) is 0 Å². The number of nitrogens with zero attached hydrogens (tertiary/aromatic N) is 2. The van der Waals surface area contributed by atoms with E-state index in [1.807, 2.05) is 0 Å². The first-order valence-electron chi connectivity index (χ1n) is 7.89. The summed E-state index contributed by atoms with van der Waals surface area (Å²) in [6.07, 6.45) is -0.355. The van der Waals surface area contributed by atoms with E-state index in [4.69, 9.17) is 25.8 Å². The third kappa shape index (κ3) is 4.60. The summed E-state index contributed by atoms with van der Waals surface area (Å²) in [4.78, 5) is 27.3. The summed E-state index contributed by atoms with van der Waals surface area (Å²) in [5.74, 6) is 0.902. The number of methoxy groups -OCH3 is 2. The van der Waals surface area contributed by atoms with Crippen LogP contribution in [0.4, 0.5) is 15.3 Å². The largest absolute Gasteiger partial charge is 0.495 e. The van der Waals surface area contributed by atoms with Crippen LogP contribution in [0.1, 0.15) is 6.92 Å². The van der Waals surface area contributed by atoms with Crippen molar-refractivity contribution in [2.75, 3.05) is 52.3 Å². The second-order valence-electron chi connectivity index (χ2n) is 5.29. The van der Waals surface area contributed by atoms with Crippen molar-refractivity contribution in [3.8, 4) is 11.5 Å². The molecule has 0 atom stereocenters. The lowest BCUT2D eigenvalue weighted by atomic mass is 10.2. The van der Waals surface area contributed by atoms with Crippen molar-refractivity contribution in [1.29, 1.82) is 0 Å². The number of nitrogens with one attached hydrogen (secondary N) is 1. The number of ether oxygens (including phenoxy) is 3. The molecule has 1 heterocycles. The summed E-state index contributed by atoms with van der Waals surface area (Å²) in [5.41, 5.74) is 0.450. The molecule has 9 heteroatoms. The van der Waals surface area contributed by atoms with Crippen molar-refractivity contribution in [1.82, 2.24) is 9.80 Å². The van der Waals surface area contributed by atoms with Crippen LogP contribution in [0.25, 0.3) is 0 Å². The highest BCUT2D eigenvalue weighted by atomic mass is 35.5. The summed E-state index contributed by atoms with van der Waals surface area (Å²) in [6.45, 7) is 3.76. The summed E-state index contributed by atoms with van der Waals surface area (Å²) < 4.78 is 15.4. The van der Waals surface area contributed by atoms with Crippen molar-refractivity contribution >= 4 is 29.4 Å². The molecule has 3 amide bonds. The maximum absolute atomic E-state index is 12.5. The van der Waals surface area contributed by atoms with Crippen LogP contribution in [-0.2, 0) is 4.74 Å². The van der Waals surface area contributed by atoms with Gasteiger partial charge in [-0.05, 0) is 13.0 Å². The number of rotatable bonds is 4. The third-order valence-corrected chi connectivity index (χ3v) is 4.10. The van der Waals surface area contributed by atoms with Crippen LogP contribution in [-0.4, -0.2) is 68.9 Å². The van der Waals surface area contributed by atoms with Crippen molar-refractivity contribution < 1.29 is 23.8 Å². The molecular weight excluding hydrogens is 350 g/mol. The van der Waals surface area contributed by atoms with Gasteiger partial charge in [-0.3, -0.25) is 0 Å². The Kier molecular flexibility index (Phi) is 6.58. The summed E-state index contributed by atoms with van der Waals surface area (Å²) in [6, 6.07) is 2.89. The SMILES string of the molecule is CCOC(=O)N1CCN(C(=O)Nc2cc(Cl)c(OC)cc2OC)CC1. The number of hydrogen-bond acceptors (Lipinski definition) is 5.